The van der Waals surface area contributed by atoms with E-state index in [9.17, 15) is 9.59 Å². The van der Waals surface area contributed by atoms with Gasteiger partial charge in [-0.3, -0.25) is 4.79 Å². The second-order valence-corrected chi connectivity index (χ2v) is 7.49. The summed E-state index contributed by atoms with van der Waals surface area (Å²) in [4.78, 5) is 29.0. The molecule has 0 radical (unpaired) electrons. The first-order valence-electron chi connectivity index (χ1n) is 9.66. The standard InChI is InChI=1S/C22H19N3O4/c26-20(24-18-13-17(29-25-18)14-5-2-1-3-6-14)15-8-10-22(11-9-15)16-7-4-12-23-19(16)21(27)28-22/h1-7,12-13,15H,8-11H2,(H,24,25,26). The first-order valence-corrected chi connectivity index (χ1v) is 9.66. The van der Waals surface area contributed by atoms with Gasteiger partial charge in [-0.05, 0) is 31.7 Å². The number of fused-ring (bicyclic) bond motifs is 2. The van der Waals surface area contributed by atoms with E-state index in [1.165, 1.54) is 0 Å². The van der Waals surface area contributed by atoms with Crippen LogP contribution in [0.2, 0.25) is 0 Å². The summed E-state index contributed by atoms with van der Waals surface area (Å²) in [6.45, 7) is 0. The number of esters is 1. The Morgan fingerprint density at radius 2 is 1.90 bits per heavy atom. The summed E-state index contributed by atoms with van der Waals surface area (Å²) in [6, 6.07) is 15.0. The maximum absolute atomic E-state index is 12.7. The molecule has 2 aliphatic rings. The van der Waals surface area contributed by atoms with Gasteiger partial charge in [-0.25, -0.2) is 9.78 Å². The number of ether oxygens (including phenoxy) is 1. The van der Waals surface area contributed by atoms with Crippen molar-refractivity contribution in [3.8, 4) is 11.3 Å². The third kappa shape index (κ3) is 3.08. The van der Waals surface area contributed by atoms with E-state index in [1.54, 1.807) is 12.3 Å². The molecule has 0 unspecified atom stereocenters. The van der Waals surface area contributed by atoms with Crippen LogP contribution in [-0.2, 0) is 15.1 Å². The number of aromatic nitrogens is 2. The van der Waals surface area contributed by atoms with Crippen LogP contribution >= 0.6 is 0 Å². The Balaban J connectivity index is 1.25. The van der Waals surface area contributed by atoms with Gasteiger partial charge in [0.25, 0.3) is 0 Å². The number of nitrogens with one attached hydrogen (secondary N) is 1. The van der Waals surface area contributed by atoms with E-state index >= 15 is 0 Å². The second kappa shape index (κ2) is 6.84. The molecule has 1 aliphatic heterocycles. The number of hydrogen-bond acceptors (Lipinski definition) is 6. The minimum atomic E-state index is -0.647. The van der Waals surface area contributed by atoms with E-state index in [2.05, 4.69) is 15.5 Å². The van der Waals surface area contributed by atoms with Crippen LogP contribution in [-0.4, -0.2) is 22.0 Å². The number of hydrogen-bond donors (Lipinski definition) is 1. The van der Waals surface area contributed by atoms with Crippen LogP contribution in [0.25, 0.3) is 11.3 Å². The number of amides is 1. The van der Waals surface area contributed by atoms with E-state index in [4.69, 9.17) is 9.26 Å². The molecular weight excluding hydrogens is 370 g/mol. The summed E-state index contributed by atoms with van der Waals surface area (Å²) >= 11 is 0. The van der Waals surface area contributed by atoms with Crippen molar-refractivity contribution in [3.63, 3.8) is 0 Å². The van der Waals surface area contributed by atoms with E-state index in [-0.39, 0.29) is 17.8 Å². The van der Waals surface area contributed by atoms with Crippen molar-refractivity contribution in [2.24, 2.45) is 5.92 Å². The number of rotatable bonds is 3. The molecule has 1 spiro atoms. The summed E-state index contributed by atoms with van der Waals surface area (Å²) in [7, 11) is 0. The second-order valence-electron chi connectivity index (χ2n) is 7.49. The Labute approximate surface area is 167 Å². The van der Waals surface area contributed by atoms with Crippen LogP contribution in [0.15, 0.2) is 59.3 Å². The molecule has 1 amide bonds. The number of anilines is 1. The predicted molar refractivity (Wildman–Crippen MR) is 104 cm³/mol. The van der Waals surface area contributed by atoms with E-state index in [0.717, 1.165) is 11.1 Å². The zero-order valence-electron chi connectivity index (χ0n) is 15.6. The lowest BCUT2D eigenvalue weighted by Gasteiger charge is -2.35. The summed E-state index contributed by atoms with van der Waals surface area (Å²) in [5, 5.41) is 6.80. The molecule has 1 fully saturated rings. The minimum absolute atomic E-state index is 0.0940. The van der Waals surface area contributed by atoms with E-state index in [1.807, 2.05) is 42.5 Å². The summed E-state index contributed by atoms with van der Waals surface area (Å²) in [5.41, 5.74) is 1.49. The fourth-order valence-corrected chi connectivity index (χ4v) is 4.23. The third-order valence-electron chi connectivity index (χ3n) is 5.76. The summed E-state index contributed by atoms with van der Waals surface area (Å²) in [6.07, 6.45) is 4.04. The van der Waals surface area contributed by atoms with Crippen LogP contribution in [0.4, 0.5) is 5.82 Å². The largest absolute Gasteiger partial charge is 0.449 e. The minimum Gasteiger partial charge on any atom is -0.449 e. The maximum Gasteiger partial charge on any atom is 0.358 e. The molecular formula is C22H19N3O4. The lowest BCUT2D eigenvalue weighted by atomic mass is 9.75. The number of carbonyl (C=O) groups excluding carboxylic acids is 2. The highest BCUT2D eigenvalue weighted by Gasteiger charge is 2.49. The Bertz CT molecular complexity index is 1070. The molecule has 1 aromatic carbocycles. The fourth-order valence-electron chi connectivity index (χ4n) is 4.23. The molecule has 0 bridgehead atoms. The molecule has 7 heteroatoms. The zero-order valence-corrected chi connectivity index (χ0v) is 15.6. The Hall–Kier alpha value is -3.48. The van der Waals surface area contributed by atoms with Crippen molar-refractivity contribution in [1.29, 1.82) is 0 Å². The maximum atomic E-state index is 12.7. The van der Waals surface area contributed by atoms with Gasteiger partial charge in [0.1, 0.15) is 5.60 Å². The van der Waals surface area contributed by atoms with Crippen LogP contribution in [0, 0.1) is 5.92 Å². The lowest BCUT2D eigenvalue weighted by Crippen LogP contribution is -2.36. The van der Waals surface area contributed by atoms with Crippen LogP contribution < -0.4 is 5.32 Å². The molecule has 146 valence electrons. The normalized spacial score (nSPS) is 22.9. The van der Waals surface area contributed by atoms with Crippen molar-refractivity contribution in [2.45, 2.75) is 31.3 Å². The van der Waals surface area contributed by atoms with Crippen LogP contribution in [0.1, 0.15) is 41.7 Å². The molecule has 0 saturated heterocycles. The molecule has 2 aromatic heterocycles. The predicted octanol–water partition coefficient (Wildman–Crippen LogP) is 3.93. The first-order chi connectivity index (χ1) is 14.1. The van der Waals surface area contributed by atoms with Gasteiger partial charge in [-0.1, -0.05) is 41.6 Å². The van der Waals surface area contributed by atoms with Gasteiger partial charge in [0.05, 0.1) is 0 Å². The quantitative estimate of drug-likeness (QED) is 0.682. The van der Waals surface area contributed by atoms with Gasteiger partial charge in [-0.15, -0.1) is 0 Å². The number of pyridine rings is 1. The summed E-state index contributed by atoms with van der Waals surface area (Å²) < 4.78 is 11.0. The molecule has 3 heterocycles. The Kier molecular flexibility index (Phi) is 4.16. The summed E-state index contributed by atoms with van der Waals surface area (Å²) in [5.74, 6) is 0.362. The van der Waals surface area contributed by atoms with Gasteiger partial charge in [0.2, 0.25) is 5.91 Å². The third-order valence-corrected chi connectivity index (χ3v) is 5.76. The fraction of sp³-hybridized carbons (Fsp3) is 0.273. The van der Waals surface area contributed by atoms with E-state index in [0.29, 0.717) is 43.0 Å². The Morgan fingerprint density at radius 1 is 1.10 bits per heavy atom. The highest BCUT2D eigenvalue weighted by atomic mass is 16.6. The van der Waals surface area contributed by atoms with Crippen molar-refractivity contribution in [3.05, 3.63) is 66.0 Å². The van der Waals surface area contributed by atoms with Gasteiger partial charge >= 0.3 is 5.97 Å². The first kappa shape index (κ1) is 17.6. The zero-order chi connectivity index (χ0) is 19.8. The van der Waals surface area contributed by atoms with Gasteiger partial charge in [0.15, 0.2) is 17.3 Å². The molecule has 7 nitrogen and oxygen atoms in total. The lowest BCUT2D eigenvalue weighted by molar-refractivity contribution is -0.122. The van der Waals surface area contributed by atoms with Crippen molar-refractivity contribution < 1.29 is 18.8 Å². The SMILES string of the molecule is O=C1OC2(CCC(C(=O)Nc3cc(-c4ccccc4)on3)CC2)c2cccnc21. The average molecular weight is 389 g/mol. The topological polar surface area (TPSA) is 94.3 Å². The van der Waals surface area contributed by atoms with Crippen LogP contribution in [0.5, 0.6) is 0 Å². The molecule has 1 aliphatic carbocycles. The van der Waals surface area contributed by atoms with Gasteiger partial charge in [0, 0.05) is 29.3 Å². The number of carbonyl (C=O) groups is 2. The average Bonchev–Trinajstić information content (AvgIpc) is 3.33. The van der Waals surface area contributed by atoms with Gasteiger partial charge < -0.3 is 14.6 Å². The molecule has 0 atom stereocenters. The van der Waals surface area contributed by atoms with Crippen molar-refractivity contribution in [1.82, 2.24) is 10.1 Å². The molecule has 1 saturated carbocycles. The highest BCUT2D eigenvalue weighted by molar-refractivity contribution is 5.93. The Morgan fingerprint density at radius 3 is 2.69 bits per heavy atom. The van der Waals surface area contributed by atoms with E-state index < -0.39 is 5.60 Å². The van der Waals surface area contributed by atoms with Crippen molar-refractivity contribution in [2.75, 3.05) is 5.32 Å². The molecule has 5 rings (SSSR count). The van der Waals surface area contributed by atoms with Gasteiger partial charge in [-0.2, -0.15) is 0 Å². The smallest absolute Gasteiger partial charge is 0.358 e. The monoisotopic (exact) mass is 389 g/mol. The molecule has 3 aromatic rings. The highest BCUT2D eigenvalue weighted by Crippen LogP contribution is 2.47. The van der Waals surface area contributed by atoms with Crippen molar-refractivity contribution >= 4 is 17.7 Å². The molecule has 1 N–H and O–H groups in total. The number of benzene rings is 1. The van der Waals surface area contributed by atoms with Crippen LogP contribution in [0.3, 0.4) is 0 Å². The molecule has 29 heavy (non-hydrogen) atoms. The number of nitrogens with zero attached hydrogens (tertiary/aromatic N) is 2.